The van der Waals surface area contributed by atoms with Crippen LogP contribution in [-0.4, -0.2) is 15.1 Å². The van der Waals surface area contributed by atoms with E-state index in [1.807, 2.05) is 6.07 Å². The van der Waals surface area contributed by atoms with Crippen LogP contribution in [0.3, 0.4) is 0 Å². The molecule has 1 N–H and O–H groups in total. The average molecular weight is 241 g/mol. The molecule has 0 saturated heterocycles. The van der Waals surface area contributed by atoms with Gasteiger partial charge in [0.05, 0.1) is 24.6 Å². The molecular weight excluding hydrogens is 230 g/mol. The number of aryl methyl sites for hydroxylation is 1. The predicted molar refractivity (Wildman–Crippen MR) is 63.9 cm³/mol. The van der Waals surface area contributed by atoms with Crippen molar-refractivity contribution in [3.63, 3.8) is 0 Å². The van der Waals surface area contributed by atoms with E-state index in [4.69, 9.17) is 10.00 Å². The second-order valence-corrected chi connectivity index (χ2v) is 3.63. The van der Waals surface area contributed by atoms with Crippen molar-refractivity contribution in [1.29, 1.82) is 5.26 Å². The summed E-state index contributed by atoms with van der Waals surface area (Å²) in [6.45, 7) is 1.57. The molecule has 1 aromatic heterocycles. The smallest absolute Gasteiger partial charge is 0.164 e. The van der Waals surface area contributed by atoms with Gasteiger partial charge in [0.1, 0.15) is 11.9 Å². The lowest BCUT2D eigenvalue weighted by Gasteiger charge is -2.10. The van der Waals surface area contributed by atoms with E-state index in [0.29, 0.717) is 28.5 Å². The van der Waals surface area contributed by atoms with Crippen LogP contribution in [0, 0.1) is 18.3 Å². The fourth-order valence-electron chi connectivity index (χ4n) is 1.47. The Morgan fingerprint density at radius 1 is 1.33 bits per heavy atom. The number of hydrogen-bond acceptors (Lipinski definition) is 5. The molecule has 0 aliphatic carbocycles. The lowest BCUT2D eigenvalue weighted by molar-refractivity contribution is 0.276. The number of aliphatic hydroxyl groups is 1. The van der Waals surface area contributed by atoms with Crippen LogP contribution >= 0.6 is 0 Å². The molecule has 2 rings (SSSR count). The van der Waals surface area contributed by atoms with Crippen molar-refractivity contribution in [3.8, 4) is 17.6 Å². The van der Waals surface area contributed by atoms with Gasteiger partial charge in [0, 0.05) is 5.56 Å². The van der Waals surface area contributed by atoms with Crippen molar-refractivity contribution >= 4 is 0 Å². The predicted octanol–water partition coefficient (Wildman–Crippen LogP) is 1.94. The zero-order valence-electron chi connectivity index (χ0n) is 9.79. The van der Waals surface area contributed by atoms with Gasteiger partial charge in [-0.05, 0) is 13.0 Å². The second-order valence-electron chi connectivity index (χ2n) is 3.63. The molecule has 0 bridgehead atoms. The highest BCUT2D eigenvalue weighted by Gasteiger charge is 2.10. The molecule has 18 heavy (non-hydrogen) atoms. The van der Waals surface area contributed by atoms with E-state index >= 15 is 0 Å². The molecule has 0 radical (unpaired) electrons. The molecule has 2 aromatic rings. The van der Waals surface area contributed by atoms with Gasteiger partial charge in [-0.3, -0.25) is 0 Å². The number of para-hydroxylation sites is 1. The molecule has 0 amide bonds. The maximum Gasteiger partial charge on any atom is 0.164 e. The van der Waals surface area contributed by atoms with Crippen molar-refractivity contribution in [1.82, 2.24) is 9.97 Å². The molecule has 0 atom stereocenters. The minimum atomic E-state index is -0.197. The van der Waals surface area contributed by atoms with Crippen LogP contribution in [-0.2, 0) is 6.61 Å². The number of hydrogen-bond donors (Lipinski definition) is 1. The Labute approximate surface area is 104 Å². The van der Waals surface area contributed by atoms with Crippen molar-refractivity contribution < 1.29 is 9.84 Å². The summed E-state index contributed by atoms with van der Waals surface area (Å²) in [6.07, 6.45) is 3.05. The zero-order chi connectivity index (χ0) is 13.0. The molecule has 0 fully saturated rings. The summed E-state index contributed by atoms with van der Waals surface area (Å²) in [5.41, 5.74) is 0.914. The third kappa shape index (κ3) is 2.44. The molecule has 0 aliphatic rings. The van der Waals surface area contributed by atoms with Crippen molar-refractivity contribution in [2.75, 3.05) is 0 Å². The van der Waals surface area contributed by atoms with Gasteiger partial charge in [-0.25, -0.2) is 9.97 Å². The summed E-state index contributed by atoms with van der Waals surface area (Å²) in [7, 11) is 0. The topological polar surface area (TPSA) is 79.0 Å². The van der Waals surface area contributed by atoms with Crippen LogP contribution in [0.5, 0.6) is 11.5 Å². The SMILES string of the molecule is Cc1ncc(Oc2c(C#N)cccc2CO)cn1. The summed E-state index contributed by atoms with van der Waals surface area (Å²) in [6, 6.07) is 7.05. The first kappa shape index (κ1) is 12.0. The third-order valence-corrected chi connectivity index (χ3v) is 2.36. The highest BCUT2D eigenvalue weighted by molar-refractivity contribution is 5.49. The van der Waals surface area contributed by atoms with Crippen LogP contribution in [0.25, 0.3) is 0 Å². The van der Waals surface area contributed by atoms with Crippen molar-refractivity contribution in [3.05, 3.63) is 47.5 Å². The Morgan fingerprint density at radius 2 is 2.06 bits per heavy atom. The number of ether oxygens (including phenoxy) is 1. The highest BCUT2D eigenvalue weighted by Crippen LogP contribution is 2.28. The van der Waals surface area contributed by atoms with Gasteiger partial charge in [-0.15, -0.1) is 0 Å². The van der Waals surface area contributed by atoms with Gasteiger partial charge in [-0.2, -0.15) is 5.26 Å². The van der Waals surface area contributed by atoms with Gasteiger partial charge in [-0.1, -0.05) is 12.1 Å². The summed E-state index contributed by atoms with van der Waals surface area (Å²) in [5, 5.41) is 18.3. The molecule has 90 valence electrons. The van der Waals surface area contributed by atoms with Crippen LogP contribution in [0.15, 0.2) is 30.6 Å². The van der Waals surface area contributed by atoms with Gasteiger partial charge < -0.3 is 9.84 Å². The Hall–Kier alpha value is -2.45. The number of benzene rings is 1. The molecule has 5 heteroatoms. The van der Waals surface area contributed by atoms with Gasteiger partial charge in [0.15, 0.2) is 11.5 Å². The van der Waals surface area contributed by atoms with E-state index in [2.05, 4.69) is 9.97 Å². The summed E-state index contributed by atoms with van der Waals surface area (Å²) >= 11 is 0. The number of aliphatic hydroxyl groups excluding tert-OH is 1. The molecule has 0 spiro atoms. The quantitative estimate of drug-likeness (QED) is 0.888. The second kappa shape index (κ2) is 5.25. The molecule has 1 heterocycles. The number of rotatable bonds is 3. The fraction of sp³-hybridized carbons (Fsp3) is 0.154. The van der Waals surface area contributed by atoms with Gasteiger partial charge in [0.25, 0.3) is 0 Å². The number of nitriles is 1. The van der Waals surface area contributed by atoms with E-state index in [0.717, 1.165) is 0 Å². The lowest BCUT2D eigenvalue weighted by atomic mass is 10.1. The zero-order valence-corrected chi connectivity index (χ0v) is 9.79. The minimum absolute atomic E-state index is 0.197. The number of aromatic nitrogens is 2. The maximum absolute atomic E-state index is 9.24. The minimum Gasteiger partial charge on any atom is -0.452 e. The number of nitrogens with zero attached hydrogens (tertiary/aromatic N) is 3. The van der Waals surface area contributed by atoms with Crippen molar-refractivity contribution in [2.45, 2.75) is 13.5 Å². The van der Waals surface area contributed by atoms with E-state index < -0.39 is 0 Å². The van der Waals surface area contributed by atoms with E-state index in [-0.39, 0.29) is 6.61 Å². The first-order valence-corrected chi connectivity index (χ1v) is 5.34. The largest absolute Gasteiger partial charge is 0.452 e. The lowest BCUT2D eigenvalue weighted by Crippen LogP contribution is -1.96. The summed E-state index contributed by atoms with van der Waals surface area (Å²) in [5.74, 6) is 1.41. The van der Waals surface area contributed by atoms with E-state index in [1.54, 1.807) is 25.1 Å². The van der Waals surface area contributed by atoms with Crippen LogP contribution in [0.2, 0.25) is 0 Å². The Kier molecular flexibility index (Phi) is 3.51. The maximum atomic E-state index is 9.24. The Balaban J connectivity index is 2.39. The first-order valence-electron chi connectivity index (χ1n) is 5.34. The Morgan fingerprint density at radius 3 is 2.67 bits per heavy atom. The van der Waals surface area contributed by atoms with E-state index in [1.165, 1.54) is 12.4 Å². The Bertz CT molecular complexity index is 588. The standard InChI is InChI=1S/C13H11N3O2/c1-9-15-6-12(7-16-9)18-13-10(5-14)3-2-4-11(13)8-17/h2-4,6-7,17H,8H2,1H3. The normalized spacial score (nSPS) is 9.83. The van der Waals surface area contributed by atoms with Crippen molar-refractivity contribution in [2.24, 2.45) is 0 Å². The summed E-state index contributed by atoms with van der Waals surface area (Å²) < 4.78 is 5.57. The fourth-order valence-corrected chi connectivity index (χ4v) is 1.47. The van der Waals surface area contributed by atoms with E-state index in [9.17, 15) is 5.11 Å². The van der Waals surface area contributed by atoms with Gasteiger partial charge >= 0.3 is 0 Å². The van der Waals surface area contributed by atoms with Crippen LogP contribution in [0.4, 0.5) is 0 Å². The molecule has 0 unspecified atom stereocenters. The molecule has 0 saturated carbocycles. The van der Waals surface area contributed by atoms with Crippen LogP contribution in [0.1, 0.15) is 17.0 Å². The third-order valence-electron chi connectivity index (χ3n) is 2.36. The molecule has 1 aromatic carbocycles. The monoisotopic (exact) mass is 241 g/mol. The van der Waals surface area contributed by atoms with Crippen LogP contribution < -0.4 is 4.74 Å². The highest BCUT2D eigenvalue weighted by atomic mass is 16.5. The first-order chi connectivity index (χ1) is 8.74. The molecular formula is C13H11N3O2. The summed E-state index contributed by atoms with van der Waals surface area (Å²) in [4.78, 5) is 8.01. The van der Waals surface area contributed by atoms with Gasteiger partial charge in [0.2, 0.25) is 0 Å². The molecule has 0 aliphatic heterocycles. The average Bonchev–Trinajstić information content (AvgIpc) is 2.41. The molecule has 5 nitrogen and oxygen atoms in total.